The van der Waals surface area contributed by atoms with E-state index in [-0.39, 0.29) is 11.2 Å². The summed E-state index contributed by atoms with van der Waals surface area (Å²) in [5.74, 6) is 7.48. The maximum atomic E-state index is 12.9. The van der Waals surface area contributed by atoms with Crippen molar-refractivity contribution in [3.8, 4) is 17.1 Å². The molecule has 3 heterocycles. The lowest BCUT2D eigenvalue weighted by Gasteiger charge is -2.29. The molecule has 1 unspecified atom stereocenters. The number of carbonyl (C=O) groups is 1. The topological polar surface area (TPSA) is 86.3 Å². The minimum Gasteiger partial charge on any atom is -0.496 e. The first kappa shape index (κ1) is 18.8. The number of nitrogens with zero attached hydrogens (tertiary/aromatic N) is 4. The van der Waals surface area contributed by atoms with Crippen molar-refractivity contribution in [3.05, 3.63) is 46.2 Å². The quantitative estimate of drug-likeness (QED) is 0.509. The number of para-hydroxylation sites is 1. The number of hydrogen-bond donors (Lipinski definition) is 1. The Kier molecular flexibility index (Phi) is 5.27. The number of amides is 1. The predicted molar refractivity (Wildman–Crippen MR) is 111 cm³/mol. The number of fused-ring (bicyclic) bond motifs is 1. The van der Waals surface area contributed by atoms with Crippen molar-refractivity contribution in [1.82, 2.24) is 19.8 Å². The summed E-state index contributed by atoms with van der Waals surface area (Å²) in [6, 6.07) is 9.60. The van der Waals surface area contributed by atoms with E-state index in [1.54, 1.807) is 18.4 Å². The fraction of sp³-hybridized carbons (Fsp3) is 0.316. The highest BCUT2D eigenvalue weighted by Crippen LogP contribution is 2.31. The molecule has 0 saturated heterocycles. The van der Waals surface area contributed by atoms with Gasteiger partial charge < -0.3 is 15.5 Å². The van der Waals surface area contributed by atoms with Gasteiger partial charge in [0.2, 0.25) is 11.1 Å². The van der Waals surface area contributed by atoms with E-state index in [2.05, 4.69) is 21.6 Å². The Balaban J connectivity index is 1.49. The SMILES string of the molecule is COc1ccccc1-c1nnc(SC(C)C(=O)N2CCc3sccc3C2)n1N. The number of carbonyl (C=O) groups excluding carboxylic acids is 1. The van der Waals surface area contributed by atoms with Gasteiger partial charge in [-0.1, -0.05) is 23.9 Å². The Morgan fingerprint density at radius 2 is 2.14 bits per heavy atom. The van der Waals surface area contributed by atoms with Crippen molar-refractivity contribution in [2.75, 3.05) is 19.5 Å². The largest absolute Gasteiger partial charge is 0.496 e. The molecule has 7 nitrogen and oxygen atoms in total. The van der Waals surface area contributed by atoms with E-state index in [0.717, 1.165) is 18.5 Å². The molecule has 0 bridgehead atoms. The van der Waals surface area contributed by atoms with Crippen molar-refractivity contribution in [3.63, 3.8) is 0 Å². The number of hydrogen-bond acceptors (Lipinski definition) is 7. The Morgan fingerprint density at radius 3 is 2.96 bits per heavy atom. The van der Waals surface area contributed by atoms with Crippen LogP contribution in [0.15, 0.2) is 40.9 Å². The average Bonchev–Trinajstić information content (AvgIpc) is 3.33. The zero-order valence-electron chi connectivity index (χ0n) is 15.7. The molecule has 9 heteroatoms. The van der Waals surface area contributed by atoms with Crippen LogP contribution in [0.2, 0.25) is 0 Å². The number of ether oxygens (including phenoxy) is 1. The summed E-state index contributed by atoms with van der Waals surface area (Å²) in [6.07, 6.45) is 0.918. The minimum absolute atomic E-state index is 0.0868. The maximum absolute atomic E-state index is 12.9. The van der Waals surface area contributed by atoms with Gasteiger partial charge in [-0.2, -0.15) is 0 Å². The van der Waals surface area contributed by atoms with Crippen LogP contribution in [-0.2, 0) is 17.8 Å². The van der Waals surface area contributed by atoms with Crippen molar-refractivity contribution < 1.29 is 9.53 Å². The van der Waals surface area contributed by atoms with Crippen LogP contribution in [0.1, 0.15) is 17.4 Å². The highest BCUT2D eigenvalue weighted by atomic mass is 32.2. The minimum atomic E-state index is -0.308. The van der Waals surface area contributed by atoms with E-state index in [0.29, 0.717) is 23.3 Å². The van der Waals surface area contributed by atoms with Crippen LogP contribution in [-0.4, -0.2) is 44.6 Å². The maximum Gasteiger partial charge on any atom is 0.236 e. The summed E-state index contributed by atoms with van der Waals surface area (Å²) in [5.41, 5.74) is 2.01. The first-order valence-electron chi connectivity index (χ1n) is 8.93. The van der Waals surface area contributed by atoms with Gasteiger partial charge >= 0.3 is 0 Å². The lowest BCUT2D eigenvalue weighted by atomic mass is 10.1. The van der Waals surface area contributed by atoms with Gasteiger partial charge in [0.1, 0.15) is 5.75 Å². The molecule has 2 N–H and O–H groups in total. The van der Waals surface area contributed by atoms with E-state index < -0.39 is 0 Å². The fourth-order valence-electron chi connectivity index (χ4n) is 3.27. The molecule has 3 aromatic rings. The summed E-state index contributed by atoms with van der Waals surface area (Å²) >= 11 is 3.08. The van der Waals surface area contributed by atoms with E-state index in [1.807, 2.05) is 36.1 Å². The summed E-state index contributed by atoms with van der Waals surface area (Å²) in [6.45, 7) is 3.30. The van der Waals surface area contributed by atoms with Gasteiger partial charge in [-0.05, 0) is 42.5 Å². The van der Waals surface area contributed by atoms with Crippen LogP contribution in [0.3, 0.4) is 0 Å². The van der Waals surface area contributed by atoms with E-state index >= 15 is 0 Å². The van der Waals surface area contributed by atoms with Crippen LogP contribution in [0.4, 0.5) is 0 Å². The zero-order valence-corrected chi connectivity index (χ0v) is 17.3. The Labute approximate surface area is 171 Å². The molecule has 2 aromatic heterocycles. The molecule has 1 atom stereocenters. The second-order valence-electron chi connectivity index (χ2n) is 6.52. The molecule has 0 fully saturated rings. The van der Waals surface area contributed by atoms with Crippen LogP contribution in [0.25, 0.3) is 11.4 Å². The third-order valence-electron chi connectivity index (χ3n) is 4.76. The van der Waals surface area contributed by atoms with Crippen molar-refractivity contribution in [2.24, 2.45) is 0 Å². The summed E-state index contributed by atoms with van der Waals surface area (Å²) in [5, 5.41) is 10.7. The summed E-state index contributed by atoms with van der Waals surface area (Å²) in [7, 11) is 1.60. The molecule has 1 aromatic carbocycles. The predicted octanol–water partition coefficient (Wildman–Crippen LogP) is 2.79. The normalized spacial score (nSPS) is 14.6. The lowest BCUT2D eigenvalue weighted by molar-refractivity contribution is -0.131. The molecule has 146 valence electrons. The van der Waals surface area contributed by atoms with Gasteiger partial charge in [0, 0.05) is 18.0 Å². The number of thioether (sulfide) groups is 1. The van der Waals surface area contributed by atoms with Gasteiger partial charge in [-0.25, -0.2) is 4.68 Å². The standard InChI is InChI=1S/C19H21N5O2S2/c1-12(18(25)23-9-7-16-13(11-23)8-10-27-16)28-19-22-21-17(24(19)20)14-5-3-4-6-15(14)26-2/h3-6,8,10,12H,7,9,11,20H2,1-2H3. The Bertz CT molecular complexity index is 1000. The highest BCUT2D eigenvalue weighted by molar-refractivity contribution is 8.00. The van der Waals surface area contributed by atoms with Crippen LogP contribution in [0.5, 0.6) is 5.75 Å². The molecule has 0 saturated carbocycles. The molecule has 28 heavy (non-hydrogen) atoms. The second kappa shape index (κ2) is 7.84. The number of aromatic nitrogens is 3. The molecule has 1 amide bonds. The van der Waals surface area contributed by atoms with Crippen LogP contribution >= 0.6 is 23.1 Å². The molecule has 1 aliphatic heterocycles. The molecule has 0 radical (unpaired) electrons. The van der Waals surface area contributed by atoms with Crippen molar-refractivity contribution in [1.29, 1.82) is 0 Å². The first-order valence-corrected chi connectivity index (χ1v) is 10.7. The number of thiophene rings is 1. The first-order chi connectivity index (χ1) is 13.6. The number of rotatable bonds is 5. The molecule has 4 rings (SSSR count). The van der Waals surface area contributed by atoms with Gasteiger partial charge in [0.15, 0.2) is 5.82 Å². The number of nitrogen functional groups attached to an aromatic ring is 1. The highest BCUT2D eigenvalue weighted by Gasteiger charge is 2.27. The van der Waals surface area contributed by atoms with E-state index in [9.17, 15) is 4.79 Å². The summed E-state index contributed by atoms with van der Waals surface area (Å²) < 4.78 is 6.80. The van der Waals surface area contributed by atoms with Gasteiger partial charge in [0.05, 0.1) is 17.9 Å². The number of benzene rings is 1. The molecule has 1 aliphatic rings. The van der Waals surface area contributed by atoms with Gasteiger partial charge in [-0.15, -0.1) is 21.5 Å². The third kappa shape index (κ3) is 3.47. The second-order valence-corrected chi connectivity index (χ2v) is 8.82. The smallest absolute Gasteiger partial charge is 0.236 e. The van der Waals surface area contributed by atoms with E-state index in [1.165, 1.54) is 26.9 Å². The average molecular weight is 416 g/mol. The molecular formula is C19H21N5O2S2. The van der Waals surface area contributed by atoms with E-state index in [4.69, 9.17) is 10.6 Å². The zero-order chi connectivity index (χ0) is 19.7. The Hall–Kier alpha value is -2.52. The van der Waals surface area contributed by atoms with Gasteiger partial charge in [-0.3, -0.25) is 4.79 Å². The number of methoxy groups -OCH3 is 1. The Morgan fingerprint density at radius 1 is 1.32 bits per heavy atom. The van der Waals surface area contributed by atoms with Crippen molar-refractivity contribution in [2.45, 2.75) is 30.3 Å². The molecule has 0 spiro atoms. The lowest BCUT2D eigenvalue weighted by Crippen LogP contribution is -2.39. The van der Waals surface area contributed by atoms with Crippen LogP contribution < -0.4 is 10.6 Å². The molecule has 0 aliphatic carbocycles. The fourth-order valence-corrected chi connectivity index (χ4v) is 5.02. The van der Waals surface area contributed by atoms with Gasteiger partial charge in [0.25, 0.3) is 0 Å². The monoisotopic (exact) mass is 415 g/mol. The molecular weight excluding hydrogens is 394 g/mol. The van der Waals surface area contributed by atoms with Crippen LogP contribution in [0, 0.1) is 0 Å². The van der Waals surface area contributed by atoms with Crippen molar-refractivity contribution >= 4 is 29.0 Å². The number of nitrogens with two attached hydrogens (primary N) is 1. The summed E-state index contributed by atoms with van der Waals surface area (Å²) in [4.78, 5) is 16.2. The third-order valence-corrected chi connectivity index (χ3v) is 6.83.